The fourth-order valence-corrected chi connectivity index (χ4v) is 6.00. The Morgan fingerprint density at radius 3 is 2.71 bits per heavy atom. The lowest BCUT2D eigenvalue weighted by molar-refractivity contribution is -0.120. The molecule has 0 unspecified atom stereocenters. The van der Waals surface area contributed by atoms with Gasteiger partial charge in [-0.3, -0.25) is 9.48 Å². The summed E-state index contributed by atoms with van der Waals surface area (Å²) in [6.45, 7) is 7.18. The summed E-state index contributed by atoms with van der Waals surface area (Å²) >= 11 is 9.32. The lowest BCUT2D eigenvalue weighted by Crippen LogP contribution is -2.31. The van der Waals surface area contributed by atoms with E-state index in [1.165, 1.54) is 43.4 Å². The van der Waals surface area contributed by atoms with E-state index in [0.29, 0.717) is 12.3 Å². The van der Waals surface area contributed by atoms with Crippen LogP contribution in [0.1, 0.15) is 58.6 Å². The van der Waals surface area contributed by atoms with Crippen LogP contribution in [-0.4, -0.2) is 27.2 Å². The molecule has 166 valence electrons. The number of thiazole rings is 1. The van der Waals surface area contributed by atoms with Gasteiger partial charge in [-0.1, -0.05) is 30.9 Å². The third-order valence-corrected chi connectivity index (χ3v) is 7.81. The molecule has 0 saturated heterocycles. The number of aromatic nitrogens is 3. The summed E-state index contributed by atoms with van der Waals surface area (Å²) in [5, 5.41) is 10.6. The van der Waals surface area contributed by atoms with Crippen LogP contribution in [0.2, 0.25) is 4.34 Å². The van der Waals surface area contributed by atoms with Crippen molar-refractivity contribution in [2.75, 3.05) is 6.54 Å². The molecule has 1 amide bonds. The van der Waals surface area contributed by atoms with Crippen LogP contribution in [0.25, 0.3) is 21.1 Å². The molecule has 3 aromatic rings. The number of hydrogen-bond donors (Lipinski definition) is 1. The van der Waals surface area contributed by atoms with Gasteiger partial charge in [0.05, 0.1) is 44.3 Å². The smallest absolute Gasteiger partial charge is 0.226 e. The molecule has 5 nitrogen and oxygen atoms in total. The molecule has 1 saturated carbocycles. The highest BCUT2D eigenvalue weighted by Crippen LogP contribution is 2.40. The number of nitrogens with one attached hydrogen (secondary N) is 1. The third-order valence-electron chi connectivity index (χ3n) is 5.65. The predicted molar refractivity (Wildman–Crippen MR) is 130 cm³/mol. The van der Waals surface area contributed by atoms with Crippen LogP contribution in [0, 0.1) is 5.92 Å². The molecule has 1 fully saturated rings. The molecule has 3 aromatic heterocycles. The Morgan fingerprint density at radius 1 is 1.26 bits per heavy atom. The first-order valence-electron chi connectivity index (χ1n) is 10.9. The molecule has 0 atom stereocenters. The molecule has 1 aliphatic rings. The van der Waals surface area contributed by atoms with E-state index in [0.717, 1.165) is 37.7 Å². The Hall–Kier alpha value is -1.70. The van der Waals surface area contributed by atoms with E-state index in [4.69, 9.17) is 16.6 Å². The SMILES string of the molecule is CC(C)(C)n1ncc(-c2nc(CC(=O)NCC3CCCCC3)cs2)c1-c1ccc(Cl)s1. The lowest BCUT2D eigenvalue weighted by Gasteiger charge is -2.22. The van der Waals surface area contributed by atoms with Crippen LogP contribution in [0.5, 0.6) is 0 Å². The number of halogens is 1. The summed E-state index contributed by atoms with van der Waals surface area (Å²) in [6, 6.07) is 3.94. The van der Waals surface area contributed by atoms with Gasteiger partial charge in [0.25, 0.3) is 0 Å². The quantitative estimate of drug-likeness (QED) is 0.448. The Kier molecular flexibility index (Phi) is 6.84. The van der Waals surface area contributed by atoms with Gasteiger partial charge in [-0.15, -0.1) is 22.7 Å². The normalized spacial score (nSPS) is 15.4. The van der Waals surface area contributed by atoms with Crippen molar-refractivity contribution < 1.29 is 4.79 Å². The van der Waals surface area contributed by atoms with E-state index < -0.39 is 0 Å². The van der Waals surface area contributed by atoms with Crippen LogP contribution in [0.15, 0.2) is 23.7 Å². The second-order valence-corrected chi connectivity index (χ2v) is 11.8. The number of nitrogens with zero attached hydrogens (tertiary/aromatic N) is 3. The summed E-state index contributed by atoms with van der Waals surface area (Å²) in [4.78, 5) is 18.3. The van der Waals surface area contributed by atoms with Crippen molar-refractivity contribution in [2.45, 2.75) is 64.8 Å². The maximum atomic E-state index is 12.5. The zero-order valence-electron chi connectivity index (χ0n) is 18.3. The molecular weight excluding hydrogens is 448 g/mol. The Bertz CT molecular complexity index is 1040. The van der Waals surface area contributed by atoms with Gasteiger partial charge >= 0.3 is 0 Å². The van der Waals surface area contributed by atoms with Crippen LogP contribution < -0.4 is 5.32 Å². The van der Waals surface area contributed by atoms with E-state index >= 15 is 0 Å². The minimum atomic E-state index is -0.177. The van der Waals surface area contributed by atoms with Crippen LogP contribution >= 0.6 is 34.3 Å². The van der Waals surface area contributed by atoms with Crippen molar-refractivity contribution in [3.8, 4) is 21.1 Å². The standard InChI is InChI=1S/C23H29ClN4OS2/c1-23(2,3)28-21(18-9-10-19(24)31-18)17(13-26-28)22-27-16(14-30-22)11-20(29)25-12-15-7-5-4-6-8-15/h9-10,13-15H,4-8,11-12H2,1-3H3,(H,25,29). The van der Waals surface area contributed by atoms with Gasteiger partial charge in [-0.25, -0.2) is 4.98 Å². The first-order chi connectivity index (χ1) is 14.8. The van der Waals surface area contributed by atoms with Crippen LogP contribution in [0.3, 0.4) is 0 Å². The third kappa shape index (κ3) is 5.38. The number of carbonyl (C=O) groups excluding carboxylic acids is 1. The van der Waals surface area contributed by atoms with Gasteiger partial charge in [0.1, 0.15) is 5.01 Å². The zero-order valence-corrected chi connectivity index (χ0v) is 20.7. The molecule has 3 heterocycles. The van der Waals surface area contributed by atoms with Crippen molar-refractivity contribution in [2.24, 2.45) is 5.92 Å². The summed E-state index contributed by atoms with van der Waals surface area (Å²) in [7, 11) is 0. The number of rotatable bonds is 6. The monoisotopic (exact) mass is 476 g/mol. The van der Waals surface area contributed by atoms with Crippen molar-refractivity contribution >= 4 is 40.2 Å². The van der Waals surface area contributed by atoms with E-state index in [1.807, 2.05) is 28.4 Å². The summed E-state index contributed by atoms with van der Waals surface area (Å²) in [5.41, 5.74) is 2.63. The summed E-state index contributed by atoms with van der Waals surface area (Å²) in [6.07, 6.45) is 8.56. The lowest BCUT2D eigenvalue weighted by atomic mass is 9.89. The minimum absolute atomic E-state index is 0.0538. The Morgan fingerprint density at radius 2 is 2.03 bits per heavy atom. The molecule has 8 heteroatoms. The summed E-state index contributed by atoms with van der Waals surface area (Å²) in [5.74, 6) is 0.685. The Balaban J connectivity index is 1.51. The fourth-order valence-electron chi connectivity index (χ4n) is 4.08. The molecular formula is C23H29ClN4OS2. The van der Waals surface area contributed by atoms with E-state index in [1.54, 1.807) is 11.3 Å². The highest BCUT2D eigenvalue weighted by Gasteiger charge is 2.25. The van der Waals surface area contributed by atoms with E-state index in [9.17, 15) is 4.79 Å². The van der Waals surface area contributed by atoms with Crippen molar-refractivity contribution in [1.29, 1.82) is 0 Å². The topological polar surface area (TPSA) is 59.8 Å². The average Bonchev–Trinajstić information content (AvgIpc) is 3.45. The van der Waals surface area contributed by atoms with Crippen LogP contribution in [-0.2, 0) is 16.8 Å². The maximum Gasteiger partial charge on any atom is 0.226 e. The first kappa shape index (κ1) is 22.5. The van der Waals surface area contributed by atoms with E-state index in [-0.39, 0.29) is 11.4 Å². The van der Waals surface area contributed by atoms with Gasteiger partial charge in [-0.2, -0.15) is 5.10 Å². The molecule has 0 radical (unpaired) electrons. The molecule has 31 heavy (non-hydrogen) atoms. The zero-order chi connectivity index (χ0) is 22.0. The second-order valence-electron chi connectivity index (χ2n) is 9.22. The van der Waals surface area contributed by atoms with Crippen molar-refractivity contribution in [3.05, 3.63) is 33.7 Å². The number of amides is 1. The average molecular weight is 477 g/mol. The number of carbonyl (C=O) groups is 1. The summed E-state index contributed by atoms with van der Waals surface area (Å²) < 4.78 is 2.78. The van der Waals surface area contributed by atoms with Gasteiger partial charge in [-0.05, 0) is 51.7 Å². The van der Waals surface area contributed by atoms with Gasteiger partial charge in [0.15, 0.2) is 0 Å². The molecule has 0 bridgehead atoms. The van der Waals surface area contributed by atoms with Gasteiger partial charge < -0.3 is 5.32 Å². The predicted octanol–water partition coefficient (Wildman–Crippen LogP) is 6.38. The molecule has 0 spiro atoms. The van der Waals surface area contributed by atoms with Crippen molar-refractivity contribution in [3.63, 3.8) is 0 Å². The van der Waals surface area contributed by atoms with Gasteiger partial charge in [0, 0.05) is 11.9 Å². The highest BCUT2D eigenvalue weighted by molar-refractivity contribution is 7.19. The molecule has 0 aliphatic heterocycles. The molecule has 0 aromatic carbocycles. The molecule has 4 rings (SSSR count). The highest BCUT2D eigenvalue weighted by atomic mass is 35.5. The number of hydrogen-bond acceptors (Lipinski definition) is 5. The van der Waals surface area contributed by atoms with Crippen molar-refractivity contribution in [1.82, 2.24) is 20.1 Å². The van der Waals surface area contributed by atoms with E-state index in [2.05, 4.69) is 31.2 Å². The largest absolute Gasteiger partial charge is 0.355 e. The molecule has 1 aliphatic carbocycles. The minimum Gasteiger partial charge on any atom is -0.355 e. The second kappa shape index (κ2) is 9.43. The fraction of sp³-hybridized carbons (Fsp3) is 0.522. The Labute approximate surface area is 196 Å². The van der Waals surface area contributed by atoms with Crippen LogP contribution in [0.4, 0.5) is 0 Å². The van der Waals surface area contributed by atoms with Gasteiger partial charge in [0.2, 0.25) is 5.91 Å². The number of thiophene rings is 1. The molecule has 1 N–H and O–H groups in total. The first-order valence-corrected chi connectivity index (χ1v) is 12.9. The maximum absolute atomic E-state index is 12.5.